The van der Waals surface area contributed by atoms with Crippen molar-refractivity contribution in [1.29, 1.82) is 0 Å². The molecule has 0 amide bonds. The normalized spacial score (nSPS) is 21.3. The first kappa shape index (κ1) is 21.0. The van der Waals surface area contributed by atoms with Crippen molar-refractivity contribution >= 4 is 29.1 Å². The first-order valence-electron chi connectivity index (χ1n) is 10.9. The third kappa shape index (κ3) is 5.48. The first-order valence-corrected chi connectivity index (χ1v) is 12.1. The van der Waals surface area contributed by atoms with Gasteiger partial charge in [0.15, 0.2) is 0 Å². The Kier molecular flexibility index (Phi) is 6.73. The zero-order chi connectivity index (χ0) is 20.3. The van der Waals surface area contributed by atoms with E-state index >= 15 is 0 Å². The van der Waals surface area contributed by atoms with Gasteiger partial charge >= 0.3 is 0 Å². The van der Waals surface area contributed by atoms with Crippen molar-refractivity contribution in [2.45, 2.75) is 69.2 Å². The molecule has 2 aliphatic rings. The summed E-state index contributed by atoms with van der Waals surface area (Å²) >= 11 is 8.49. The Labute approximate surface area is 184 Å². The zero-order valence-electron chi connectivity index (χ0n) is 17.6. The molecule has 2 aromatic rings. The van der Waals surface area contributed by atoms with Crippen LogP contribution < -0.4 is 10.6 Å². The second-order valence-electron chi connectivity index (χ2n) is 9.17. The topological polar surface area (TPSA) is 37.0 Å². The molecule has 29 heavy (non-hydrogen) atoms. The number of thioether (sulfide) groups is 1. The highest BCUT2D eigenvalue weighted by Gasteiger charge is 2.28. The van der Waals surface area contributed by atoms with E-state index in [2.05, 4.69) is 42.7 Å². The molecule has 1 aliphatic heterocycles. The fourth-order valence-electron chi connectivity index (χ4n) is 4.61. The van der Waals surface area contributed by atoms with Gasteiger partial charge in [0.05, 0.1) is 15.7 Å². The van der Waals surface area contributed by atoms with Crippen molar-refractivity contribution in [3.8, 4) is 0 Å². The summed E-state index contributed by atoms with van der Waals surface area (Å²) in [5.74, 6) is 0. The van der Waals surface area contributed by atoms with Crippen molar-refractivity contribution in [2.24, 2.45) is 5.41 Å². The lowest BCUT2D eigenvalue weighted by atomic mass is 9.77. The molecule has 156 valence electrons. The van der Waals surface area contributed by atoms with Gasteiger partial charge in [-0.05, 0) is 79.4 Å². The van der Waals surface area contributed by atoms with Crippen LogP contribution in [0.3, 0.4) is 0 Å². The van der Waals surface area contributed by atoms with Crippen molar-refractivity contribution < 1.29 is 0 Å². The molecule has 0 spiro atoms. The lowest BCUT2D eigenvalue weighted by molar-refractivity contribution is 0.251. The number of rotatable bonds is 5. The van der Waals surface area contributed by atoms with E-state index in [1.165, 1.54) is 42.4 Å². The predicted molar refractivity (Wildman–Crippen MR) is 125 cm³/mol. The van der Waals surface area contributed by atoms with Gasteiger partial charge in [-0.3, -0.25) is 0 Å². The van der Waals surface area contributed by atoms with Crippen LogP contribution in [0.25, 0.3) is 0 Å². The number of halogens is 1. The van der Waals surface area contributed by atoms with Crippen LogP contribution in [0.2, 0.25) is 5.02 Å². The third-order valence-electron chi connectivity index (χ3n) is 6.20. The summed E-state index contributed by atoms with van der Waals surface area (Å²) in [5.41, 5.74) is 5.53. The highest BCUT2D eigenvalue weighted by Crippen LogP contribution is 2.42. The van der Waals surface area contributed by atoms with E-state index in [-0.39, 0.29) is 0 Å². The van der Waals surface area contributed by atoms with E-state index in [1.54, 1.807) is 0 Å². The highest BCUT2D eigenvalue weighted by atomic mass is 35.5. The summed E-state index contributed by atoms with van der Waals surface area (Å²) in [5, 5.41) is 9.72. The van der Waals surface area contributed by atoms with Crippen LogP contribution in [0.5, 0.6) is 0 Å². The molecule has 0 bridgehead atoms. The van der Waals surface area contributed by atoms with E-state index in [9.17, 15) is 0 Å². The van der Waals surface area contributed by atoms with Gasteiger partial charge < -0.3 is 10.6 Å². The highest BCUT2D eigenvalue weighted by molar-refractivity contribution is 7.99. The maximum atomic E-state index is 6.54. The van der Waals surface area contributed by atoms with Gasteiger partial charge in [-0.15, -0.1) is 11.8 Å². The molecule has 1 unspecified atom stereocenters. The van der Waals surface area contributed by atoms with E-state index in [1.807, 2.05) is 24.0 Å². The SMILES string of the molecule is CC1(C)CCCC(Sc2ccc(CNc3c(Cl)ccc4c3CCNCC4)cn2)C1. The molecule has 3 nitrogen and oxygen atoms in total. The van der Waals surface area contributed by atoms with Crippen LogP contribution in [0, 0.1) is 5.41 Å². The minimum Gasteiger partial charge on any atom is -0.379 e. The summed E-state index contributed by atoms with van der Waals surface area (Å²) in [6.07, 6.45) is 9.38. The van der Waals surface area contributed by atoms with Crippen molar-refractivity contribution in [3.63, 3.8) is 0 Å². The maximum Gasteiger partial charge on any atom is 0.0962 e. The fourth-order valence-corrected chi connectivity index (χ4v) is 6.28. The van der Waals surface area contributed by atoms with E-state index in [0.717, 1.165) is 48.2 Å². The number of hydrogen-bond donors (Lipinski definition) is 2. The van der Waals surface area contributed by atoms with Crippen LogP contribution in [0.1, 0.15) is 56.2 Å². The Morgan fingerprint density at radius 3 is 2.86 bits per heavy atom. The molecule has 0 radical (unpaired) electrons. The van der Waals surface area contributed by atoms with Crippen LogP contribution in [0.15, 0.2) is 35.5 Å². The van der Waals surface area contributed by atoms with Crippen molar-refractivity contribution in [1.82, 2.24) is 10.3 Å². The maximum absolute atomic E-state index is 6.54. The van der Waals surface area contributed by atoms with E-state index < -0.39 is 0 Å². The van der Waals surface area contributed by atoms with Crippen LogP contribution >= 0.6 is 23.4 Å². The van der Waals surface area contributed by atoms with Crippen LogP contribution in [-0.4, -0.2) is 23.3 Å². The predicted octanol–water partition coefficient (Wildman–Crippen LogP) is 6.10. The molecular weight excluding hydrogens is 398 g/mol. The Morgan fingerprint density at radius 1 is 1.21 bits per heavy atom. The molecule has 1 saturated carbocycles. The number of anilines is 1. The second-order valence-corrected chi connectivity index (χ2v) is 10.9. The average molecular weight is 430 g/mol. The number of aromatic nitrogens is 1. The Morgan fingerprint density at radius 2 is 2.07 bits per heavy atom. The van der Waals surface area contributed by atoms with E-state index in [4.69, 9.17) is 16.6 Å². The molecule has 2 N–H and O–H groups in total. The standard InChI is InChI=1S/C24H32ClN3S/c1-24(2)11-3-4-19(14-24)29-22-8-5-17(15-27-22)16-28-23-20-10-13-26-12-9-18(20)6-7-21(23)25/h5-8,15,19,26,28H,3-4,9-14,16H2,1-2H3. The Balaban J connectivity index is 1.39. The lowest BCUT2D eigenvalue weighted by Crippen LogP contribution is -2.24. The number of pyridine rings is 1. The average Bonchev–Trinajstić information content (AvgIpc) is 2.93. The van der Waals surface area contributed by atoms with Gasteiger partial charge in [-0.2, -0.15) is 0 Å². The molecule has 0 saturated heterocycles. The molecule has 1 aromatic carbocycles. The molecule has 4 rings (SSSR count). The smallest absolute Gasteiger partial charge is 0.0962 e. The van der Waals surface area contributed by atoms with Gasteiger partial charge in [0.2, 0.25) is 0 Å². The zero-order valence-corrected chi connectivity index (χ0v) is 19.1. The fraction of sp³-hybridized carbons (Fsp3) is 0.542. The van der Waals surface area contributed by atoms with Gasteiger partial charge in [0, 0.05) is 18.0 Å². The number of hydrogen-bond acceptors (Lipinski definition) is 4. The molecular formula is C24H32ClN3S. The second kappa shape index (κ2) is 9.28. The monoisotopic (exact) mass is 429 g/mol. The number of nitrogens with one attached hydrogen (secondary N) is 2. The van der Waals surface area contributed by atoms with Crippen LogP contribution in [-0.2, 0) is 19.4 Å². The Hall–Kier alpha value is -1.23. The molecule has 2 heterocycles. The Bertz CT molecular complexity index is 835. The molecule has 1 aliphatic carbocycles. The number of benzene rings is 1. The summed E-state index contributed by atoms with van der Waals surface area (Å²) in [4.78, 5) is 4.74. The number of fused-ring (bicyclic) bond motifs is 1. The molecule has 1 fully saturated rings. The minimum atomic E-state index is 0.474. The van der Waals surface area contributed by atoms with Crippen molar-refractivity contribution in [2.75, 3.05) is 18.4 Å². The molecule has 1 aromatic heterocycles. The number of nitrogens with zero attached hydrogens (tertiary/aromatic N) is 1. The van der Waals surface area contributed by atoms with Crippen LogP contribution in [0.4, 0.5) is 5.69 Å². The quantitative estimate of drug-likeness (QED) is 0.602. The molecule has 1 atom stereocenters. The first-order chi connectivity index (χ1) is 14.0. The van der Waals surface area contributed by atoms with Gasteiger partial charge in [-0.1, -0.05) is 44.0 Å². The lowest BCUT2D eigenvalue weighted by Gasteiger charge is -2.34. The summed E-state index contributed by atoms with van der Waals surface area (Å²) in [6.45, 7) is 7.58. The van der Waals surface area contributed by atoms with Crippen molar-refractivity contribution in [3.05, 3.63) is 52.2 Å². The molecule has 5 heteroatoms. The summed E-state index contributed by atoms with van der Waals surface area (Å²) in [7, 11) is 0. The summed E-state index contributed by atoms with van der Waals surface area (Å²) in [6, 6.07) is 8.58. The minimum absolute atomic E-state index is 0.474. The van der Waals surface area contributed by atoms with Gasteiger partial charge in [0.1, 0.15) is 0 Å². The third-order valence-corrected chi connectivity index (χ3v) is 7.73. The van der Waals surface area contributed by atoms with Gasteiger partial charge in [-0.25, -0.2) is 4.98 Å². The largest absolute Gasteiger partial charge is 0.379 e. The summed E-state index contributed by atoms with van der Waals surface area (Å²) < 4.78 is 0. The van der Waals surface area contributed by atoms with Gasteiger partial charge in [0.25, 0.3) is 0 Å². The van der Waals surface area contributed by atoms with E-state index in [0.29, 0.717) is 10.7 Å².